The van der Waals surface area contributed by atoms with E-state index in [0.29, 0.717) is 0 Å². The Bertz CT molecular complexity index is 755. The molecule has 1 N–H and O–H groups in total. The highest BCUT2D eigenvalue weighted by atomic mass is 16.5. The monoisotopic (exact) mass is 381 g/mol. The molecule has 5 heteroatoms. The van der Waals surface area contributed by atoms with Crippen molar-refractivity contribution in [2.75, 3.05) is 44.7 Å². The van der Waals surface area contributed by atoms with Gasteiger partial charge in [-0.15, -0.1) is 0 Å². The predicted molar refractivity (Wildman–Crippen MR) is 114 cm³/mol. The minimum atomic E-state index is -0.151. The SMILES string of the molecule is COc1ccccc1N1CCN(CC(C(=O)NC(C)C)c2ccccc2)CC1. The van der Waals surface area contributed by atoms with Gasteiger partial charge in [0.1, 0.15) is 5.75 Å². The molecule has 150 valence electrons. The Morgan fingerprint density at radius 1 is 1.00 bits per heavy atom. The molecule has 2 aromatic carbocycles. The van der Waals surface area contributed by atoms with Crippen LogP contribution in [0, 0.1) is 0 Å². The van der Waals surface area contributed by atoms with Crippen molar-refractivity contribution in [1.29, 1.82) is 0 Å². The number of carbonyl (C=O) groups excluding carboxylic acids is 1. The lowest BCUT2D eigenvalue weighted by atomic mass is 9.96. The second-order valence-electron chi connectivity index (χ2n) is 7.59. The number of benzene rings is 2. The fourth-order valence-corrected chi connectivity index (χ4v) is 3.73. The number of ether oxygens (including phenoxy) is 1. The summed E-state index contributed by atoms with van der Waals surface area (Å²) in [5.74, 6) is 0.865. The maximum absolute atomic E-state index is 12.8. The zero-order valence-electron chi connectivity index (χ0n) is 17.1. The first kappa shape index (κ1) is 20.2. The van der Waals surface area contributed by atoms with Crippen LogP contribution >= 0.6 is 0 Å². The van der Waals surface area contributed by atoms with Gasteiger partial charge in [0.2, 0.25) is 5.91 Å². The second kappa shape index (κ2) is 9.60. The molecule has 0 aliphatic carbocycles. The van der Waals surface area contributed by atoms with Gasteiger partial charge in [-0.25, -0.2) is 0 Å². The average Bonchev–Trinajstić information content (AvgIpc) is 2.72. The van der Waals surface area contributed by atoms with Crippen LogP contribution in [0.4, 0.5) is 5.69 Å². The maximum Gasteiger partial charge on any atom is 0.229 e. The molecule has 3 rings (SSSR count). The Balaban J connectivity index is 1.66. The van der Waals surface area contributed by atoms with Crippen LogP contribution in [-0.4, -0.2) is 56.7 Å². The molecule has 5 nitrogen and oxygen atoms in total. The fraction of sp³-hybridized carbons (Fsp3) is 0.435. The Labute approximate surface area is 168 Å². The maximum atomic E-state index is 12.8. The molecule has 2 aromatic rings. The molecule has 0 saturated carbocycles. The number of methoxy groups -OCH3 is 1. The highest BCUT2D eigenvalue weighted by Gasteiger charge is 2.26. The Hall–Kier alpha value is -2.53. The summed E-state index contributed by atoms with van der Waals surface area (Å²) in [5, 5.41) is 3.09. The van der Waals surface area contributed by atoms with Crippen molar-refractivity contribution in [2.45, 2.75) is 25.8 Å². The van der Waals surface area contributed by atoms with E-state index >= 15 is 0 Å². The number of anilines is 1. The lowest BCUT2D eigenvalue weighted by Crippen LogP contribution is -2.49. The van der Waals surface area contributed by atoms with E-state index in [-0.39, 0.29) is 17.9 Å². The summed E-state index contributed by atoms with van der Waals surface area (Å²) in [6.45, 7) is 8.45. The molecule has 0 aromatic heterocycles. The van der Waals surface area contributed by atoms with Crippen molar-refractivity contribution in [3.8, 4) is 5.75 Å². The predicted octanol–water partition coefficient (Wildman–Crippen LogP) is 3.13. The smallest absolute Gasteiger partial charge is 0.229 e. The summed E-state index contributed by atoms with van der Waals surface area (Å²) in [6, 6.07) is 18.4. The topological polar surface area (TPSA) is 44.8 Å². The first-order valence-electron chi connectivity index (χ1n) is 10.0. The first-order chi connectivity index (χ1) is 13.6. The molecular weight excluding hydrogens is 350 g/mol. The highest BCUT2D eigenvalue weighted by Crippen LogP contribution is 2.28. The van der Waals surface area contributed by atoms with Crippen LogP contribution in [0.25, 0.3) is 0 Å². The molecule has 0 bridgehead atoms. The molecule has 1 atom stereocenters. The summed E-state index contributed by atoms with van der Waals surface area (Å²) in [4.78, 5) is 17.6. The number of nitrogens with one attached hydrogen (secondary N) is 1. The number of hydrogen-bond donors (Lipinski definition) is 1. The van der Waals surface area contributed by atoms with Crippen molar-refractivity contribution in [3.05, 3.63) is 60.2 Å². The van der Waals surface area contributed by atoms with Crippen LogP contribution in [-0.2, 0) is 4.79 Å². The molecule has 1 fully saturated rings. The number of para-hydroxylation sites is 2. The molecular formula is C23H31N3O2. The summed E-state index contributed by atoms with van der Waals surface area (Å²) < 4.78 is 5.51. The van der Waals surface area contributed by atoms with E-state index in [0.717, 1.165) is 49.7 Å². The Morgan fingerprint density at radius 2 is 1.64 bits per heavy atom. The van der Waals surface area contributed by atoms with E-state index in [9.17, 15) is 4.79 Å². The van der Waals surface area contributed by atoms with E-state index in [1.54, 1.807) is 7.11 Å². The van der Waals surface area contributed by atoms with E-state index in [4.69, 9.17) is 4.74 Å². The average molecular weight is 382 g/mol. The molecule has 1 aliphatic heterocycles. The second-order valence-corrected chi connectivity index (χ2v) is 7.59. The molecule has 1 unspecified atom stereocenters. The number of carbonyl (C=O) groups is 1. The van der Waals surface area contributed by atoms with Gasteiger partial charge in [0.15, 0.2) is 0 Å². The van der Waals surface area contributed by atoms with Gasteiger partial charge in [-0.1, -0.05) is 42.5 Å². The first-order valence-corrected chi connectivity index (χ1v) is 10.0. The minimum absolute atomic E-state index is 0.105. The van der Waals surface area contributed by atoms with Gasteiger partial charge in [0.25, 0.3) is 0 Å². The molecule has 0 spiro atoms. The summed E-state index contributed by atoms with van der Waals surface area (Å²) in [7, 11) is 1.72. The van der Waals surface area contributed by atoms with Gasteiger partial charge in [-0.3, -0.25) is 9.69 Å². The van der Waals surface area contributed by atoms with Gasteiger partial charge < -0.3 is 15.0 Å². The lowest BCUT2D eigenvalue weighted by molar-refractivity contribution is -0.123. The number of piperazine rings is 1. The van der Waals surface area contributed by atoms with E-state index in [1.165, 1.54) is 0 Å². The standard InChI is InChI=1S/C23H31N3O2/c1-18(2)24-23(27)20(19-9-5-4-6-10-19)17-25-13-15-26(16-14-25)21-11-7-8-12-22(21)28-3/h4-12,18,20H,13-17H2,1-3H3,(H,24,27). The number of rotatable bonds is 7. The van der Waals surface area contributed by atoms with Crippen LogP contribution in [0.1, 0.15) is 25.3 Å². The van der Waals surface area contributed by atoms with Crippen molar-refractivity contribution < 1.29 is 9.53 Å². The molecule has 1 aliphatic rings. The Kier molecular flexibility index (Phi) is 6.93. The summed E-state index contributed by atoms with van der Waals surface area (Å²) in [5.41, 5.74) is 2.22. The van der Waals surface area contributed by atoms with Crippen LogP contribution in [0.15, 0.2) is 54.6 Å². The number of nitrogens with zero attached hydrogens (tertiary/aromatic N) is 2. The fourth-order valence-electron chi connectivity index (χ4n) is 3.73. The minimum Gasteiger partial charge on any atom is -0.495 e. The van der Waals surface area contributed by atoms with E-state index in [1.807, 2.05) is 50.2 Å². The molecule has 0 radical (unpaired) electrons. The van der Waals surface area contributed by atoms with Gasteiger partial charge in [-0.2, -0.15) is 0 Å². The molecule has 28 heavy (non-hydrogen) atoms. The van der Waals surface area contributed by atoms with E-state index in [2.05, 4.69) is 33.3 Å². The molecule has 1 heterocycles. The highest BCUT2D eigenvalue weighted by molar-refractivity contribution is 5.84. The van der Waals surface area contributed by atoms with E-state index < -0.39 is 0 Å². The van der Waals surface area contributed by atoms with Gasteiger partial charge >= 0.3 is 0 Å². The third-order valence-electron chi connectivity index (χ3n) is 5.19. The van der Waals surface area contributed by atoms with Gasteiger partial charge in [0, 0.05) is 38.8 Å². The number of amides is 1. The van der Waals surface area contributed by atoms with Crippen molar-refractivity contribution in [3.63, 3.8) is 0 Å². The van der Waals surface area contributed by atoms with Crippen molar-refractivity contribution in [1.82, 2.24) is 10.2 Å². The summed E-state index contributed by atoms with van der Waals surface area (Å²) in [6.07, 6.45) is 0. The van der Waals surface area contributed by atoms with Crippen LogP contribution in [0.5, 0.6) is 5.75 Å². The molecule has 1 saturated heterocycles. The largest absolute Gasteiger partial charge is 0.495 e. The lowest BCUT2D eigenvalue weighted by Gasteiger charge is -2.38. The van der Waals surface area contributed by atoms with Crippen LogP contribution < -0.4 is 15.0 Å². The van der Waals surface area contributed by atoms with Crippen LogP contribution in [0.3, 0.4) is 0 Å². The third kappa shape index (κ3) is 5.04. The van der Waals surface area contributed by atoms with Gasteiger partial charge in [-0.05, 0) is 31.5 Å². The van der Waals surface area contributed by atoms with Crippen molar-refractivity contribution >= 4 is 11.6 Å². The molecule has 1 amide bonds. The zero-order chi connectivity index (χ0) is 19.9. The zero-order valence-corrected chi connectivity index (χ0v) is 17.1. The normalized spacial score (nSPS) is 16.1. The Morgan fingerprint density at radius 3 is 2.29 bits per heavy atom. The van der Waals surface area contributed by atoms with Gasteiger partial charge in [0.05, 0.1) is 18.7 Å². The third-order valence-corrected chi connectivity index (χ3v) is 5.19. The quantitative estimate of drug-likeness (QED) is 0.800. The van der Waals surface area contributed by atoms with Crippen LogP contribution in [0.2, 0.25) is 0 Å². The number of hydrogen-bond acceptors (Lipinski definition) is 4. The summed E-state index contributed by atoms with van der Waals surface area (Å²) >= 11 is 0. The van der Waals surface area contributed by atoms with Crippen molar-refractivity contribution in [2.24, 2.45) is 0 Å².